The lowest BCUT2D eigenvalue weighted by Crippen LogP contribution is -2.66. The fourth-order valence-electron chi connectivity index (χ4n) is 0.742. The second-order valence-corrected chi connectivity index (χ2v) is 2.30. The molecule has 3 nitrogen and oxygen atoms in total. The standard InChI is InChI=1S/C5H6F6N2O/c1-12-3(2-13-14,4(6,7)8)5(9,10)11/h2,12,14H,1H3. The zero-order valence-electron chi connectivity index (χ0n) is 6.74. The van der Waals surface area contributed by atoms with Crippen LogP contribution in [0.25, 0.3) is 0 Å². The molecule has 14 heavy (non-hydrogen) atoms. The van der Waals surface area contributed by atoms with Gasteiger partial charge in [-0.25, -0.2) is 0 Å². The van der Waals surface area contributed by atoms with Crippen LogP contribution in [-0.4, -0.2) is 36.4 Å². The maximum Gasteiger partial charge on any atom is 0.420 e. The molecule has 0 aromatic rings. The van der Waals surface area contributed by atoms with Crippen LogP contribution in [-0.2, 0) is 0 Å². The van der Waals surface area contributed by atoms with Crippen molar-refractivity contribution in [1.82, 2.24) is 5.32 Å². The molecule has 0 fully saturated rings. The SMILES string of the molecule is CNC(C=NO)(C(F)(F)F)C(F)(F)F. The van der Waals surface area contributed by atoms with E-state index in [4.69, 9.17) is 5.21 Å². The highest BCUT2D eigenvalue weighted by atomic mass is 19.4. The van der Waals surface area contributed by atoms with Crippen molar-refractivity contribution in [2.45, 2.75) is 17.9 Å². The van der Waals surface area contributed by atoms with E-state index in [9.17, 15) is 26.3 Å². The maximum atomic E-state index is 12.1. The summed E-state index contributed by atoms with van der Waals surface area (Å²) in [7, 11) is 0.461. The van der Waals surface area contributed by atoms with E-state index in [1.165, 1.54) is 0 Å². The van der Waals surface area contributed by atoms with E-state index < -0.39 is 24.1 Å². The van der Waals surface area contributed by atoms with Crippen LogP contribution in [0.4, 0.5) is 26.3 Å². The molecule has 0 rings (SSSR count). The van der Waals surface area contributed by atoms with Gasteiger partial charge in [-0.05, 0) is 7.05 Å². The molecule has 0 aliphatic rings. The molecule has 0 atom stereocenters. The maximum absolute atomic E-state index is 12.1. The lowest BCUT2D eigenvalue weighted by atomic mass is 10.0. The molecule has 9 heteroatoms. The zero-order chi connectivity index (χ0) is 11.6. The van der Waals surface area contributed by atoms with Crippen molar-refractivity contribution in [3.63, 3.8) is 0 Å². The molecule has 0 spiro atoms. The van der Waals surface area contributed by atoms with Gasteiger partial charge in [0.15, 0.2) is 0 Å². The van der Waals surface area contributed by atoms with Gasteiger partial charge >= 0.3 is 12.4 Å². The predicted octanol–water partition coefficient (Wildman–Crippen LogP) is 1.53. The van der Waals surface area contributed by atoms with Crippen LogP contribution in [0.3, 0.4) is 0 Å². The third-order valence-electron chi connectivity index (χ3n) is 1.54. The van der Waals surface area contributed by atoms with E-state index in [0.717, 1.165) is 5.32 Å². The summed E-state index contributed by atoms with van der Waals surface area (Å²) in [6, 6.07) is 0. The number of hydrogen-bond acceptors (Lipinski definition) is 3. The Hall–Kier alpha value is -0.990. The predicted molar refractivity (Wildman–Crippen MR) is 34.2 cm³/mol. The number of nitrogens with one attached hydrogen (secondary N) is 1. The minimum absolute atomic E-state index is 0.461. The number of halogens is 6. The molecule has 0 unspecified atom stereocenters. The number of oxime groups is 1. The summed E-state index contributed by atoms with van der Waals surface area (Å²) in [6.45, 7) is 0. The van der Waals surface area contributed by atoms with Gasteiger partial charge in [-0.1, -0.05) is 5.16 Å². The van der Waals surface area contributed by atoms with Crippen molar-refractivity contribution < 1.29 is 31.5 Å². The van der Waals surface area contributed by atoms with Gasteiger partial charge in [0.2, 0.25) is 5.54 Å². The molecule has 0 bridgehead atoms. The van der Waals surface area contributed by atoms with Gasteiger partial charge < -0.3 is 5.21 Å². The van der Waals surface area contributed by atoms with Crippen LogP contribution in [0.5, 0.6) is 0 Å². The van der Waals surface area contributed by atoms with Gasteiger partial charge in [-0.2, -0.15) is 26.3 Å². The number of alkyl halides is 6. The summed E-state index contributed by atoms with van der Waals surface area (Å²) in [6.07, 6.45) is -11.9. The molecule has 0 aliphatic carbocycles. The summed E-state index contributed by atoms with van der Waals surface area (Å²) < 4.78 is 72.4. The third-order valence-corrected chi connectivity index (χ3v) is 1.54. The van der Waals surface area contributed by atoms with E-state index in [1.54, 1.807) is 5.16 Å². The van der Waals surface area contributed by atoms with Crippen molar-refractivity contribution >= 4 is 6.21 Å². The minimum atomic E-state index is -5.65. The molecular weight excluding hydrogens is 218 g/mol. The molecule has 0 saturated heterocycles. The summed E-state index contributed by atoms with van der Waals surface area (Å²) in [5.41, 5.74) is -4.32. The molecule has 0 radical (unpaired) electrons. The molecule has 0 amide bonds. The number of hydrogen-bond donors (Lipinski definition) is 2. The Morgan fingerprint density at radius 2 is 1.43 bits per heavy atom. The largest absolute Gasteiger partial charge is 0.420 e. The van der Waals surface area contributed by atoms with E-state index in [0.29, 0.717) is 7.05 Å². The highest BCUT2D eigenvalue weighted by Gasteiger charge is 2.69. The molecule has 0 aliphatic heterocycles. The van der Waals surface area contributed by atoms with Gasteiger partial charge in [0.05, 0.1) is 6.21 Å². The van der Waals surface area contributed by atoms with E-state index in [-0.39, 0.29) is 0 Å². The Balaban J connectivity index is 5.44. The van der Waals surface area contributed by atoms with Crippen molar-refractivity contribution in [3.8, 4) is 0 Å². The molecule has 84 valence electrons. The van der Waals surface area contributed by atoms with Crippen LogP contribution < -0.4 is 5.32 Å². The quantitative estimate of drug-likeness (QED) is 0.323. The molecular formula is C5H6F6N2O. The highest BCUT2D eigenvalue weighted by Crippen LogP contribution is 2.41. The third kappa shape index (κ3) is 1.91. The zero-order valence-corrected chi connectivity index (χ0v) is 6.74. The molecule has 0 heterocycles. The van der Waals surface area contributed by atoms with Gasteiger partial charge in [0, 0.05) is 0 Å². The first kappa shape index (κ1) is 13.0. The first-order valence-corrected chi connectivity index (χ1v) is 3.13. The molecule has 0 aromatic carbocycles. The smallest absolute Gasteiger partial charge is 0.411 e. The Morgan fingerprint density at radius 3 is 1.50 bits per heavy atom. The van der Waals surface area contributed by atoms with Crippen molar-refractivity contribution in [1.29, 1.82) is 0 Å². The van der Waals surface area contributed by atoms with E-state index >= 15 is 0 Å². The average molecular weight is 224 g/mol. The summed E-state index contributed by atoms with van der Waals surface area (Å²) >= 11 is 0. The average Bonchev–Trinajstić information content (AvgIpc) is 1.94. The Bertz CT molecular complexity index is 205. The topological polar surface area (TPSA) is 44.6 Å². The van der Waals surface area contributed by atoms with Crippen molar-refractivity contribution in [2.75, 3.05) is 7.05 Å². The first-order chi connectivity index (χ1) is 6.12. The monoisotopic (exact) mass is 224 g/mol. The first-order valence-electron chi connectivity index (χ1n) is 3.13. The summed E-state index contributed by atoms with van der Waals surface area (Å²) in [5, 5.41) is 10.6. The van der Waals surface area contributed by atoms with E-state index in [2.05, 4.69) is 0 Å². The lowest BCUT2D eigenvalue weighted by molar-refractivity contribution is -0.279. The van der Waals surface area contributed by atoms with Crippen molar-refractivity contribution in [2.24, 2.45) is 5.16 Å². The molecule has 0 saturated carbocycles. The Kier molecular flexibility index (Phi) is 3.38. The number of nitrogens with zero attached hydrogens (tertiary/aromatic N) is 1. The molecule has 0 aromatic heterocycles. The fourth-order valence-corrected chi connectivity index (χ4v) is 0.742. The Labute approximate surface area is 74.4 Å². The van der Waals surface area contributed by atoms with E-state index in [1.807, 2.05) is 0 Å². The van der Waals surface area contributed by atoms with Gasteiger partial charge in [0.1, 0.15) is 0 Å². The summed E-state index contributed by atoms with van der Waals surface area (Å²) in [5.74, 6) is 0. The lowest BCUT2D eigenvalue weighted by Gasteiger charge is -2.32. The van der Waals surface area contributed by atoms with Crippen LogP contribution in [0.15, 0.2) is 5.16 Å². The normalized spacial score (nSPS) is 15.1. The second-order valence-electron chi connectivity index (χ2n) is 2.30. The van der Waals surface area contributed by atoms with Gasteiger partial charge in [-0.3, -0.25) is 5.32 Å². The van der Waals surface area contributed by atoms with Crippen LogP contribution in [0.2, 0.25) is 0 Å². The molecule has 2 N–H and O–H groups in total. The fraction of sp³-hybridized carbons (Fsp3) is 0.800. The van der Waals surface area contributed by atoms with Crippen LogP contribution in [0, 0.1) is 0 Å². The second kappa shape index (κ2) is 3.64. The van der Waals surface area contributed by atoms with Gasteiger partial charge in [-0.15, -0.1) is 0 Å². The van der Waals surface area contributed by atoms with Crippen LogP contribution >= 0.6 is 0 Å². The van der Waals surface area contributed by atoms with Gasteiger partial charge in [0.25, 0.3) is 0 Å². The Morgan fingerprint density at radius 1 is 1.07 bits per heavy atom. The number of rotatable bonds is 2. The van der Waals surface area contributed by atoms with Crippen LogP contribution in [0.1, 0.15) is 0 Å². The minimum Gasteiger partial charge on any atom is -0.411 e. The highest BCUT2D eigenvalue weighted by molar-refractivity contribution is 5.72. The van der Waals surface area contributed by atoms with Crippen molar-refractivity contribution in [3.05, 3.63) is 0 Å². The summed E-state index contributed by atoms with van der Waals surface area (Å²) in [4.78, 5) is 0.